The fourth-order valence-electron chi connectivity index (χ4n) is 3.59. The lowest BCUT2D eigenvalue weighted by Crippen LogP contribution is -2.20. The highest BCUT2D eigenvalue weighted by Crippen LogP contribution is 2.25. The van der Waals surface area contributed by atoms with Gasteiger partial charge in [0.2, 0.25) is 0 Å². The molecule has 5 aromatic rings. The first-order chi connectivity index (χ1) is 17.9. The number of para-hydroxylation sites is 1. The van der Waals surface area contributed by atoms with Crippen LogP contribution in [0.3, 0.4) is 0 Å². The van der Waals surface area contributed by atoms with Crippen LogP contribution in [0.15, 0.2) is 114 Å². The average molecular weight is 682 g/mol. The van der Waals surface area contributed by atoms with Gasteiger partial charge in [-0.3, -0.25) is 4.79 Å². The third kappa shape index (κ3) is 5.64. The molecule has 0 atom stereocenters. The van der Waals surface area contributed by atoms with Crippen molar-refractivity contribution in [3.05, 3.63) is 126 Å². The molecule has 1 heterocycles. The van der Waals surface area contributed by atoms with Crippen molar-refractivity contribution in [1.29, 1.82) is 0 Å². The van der Waals surface area contributed by atoms with Crippen LogP contribution in [0.4, 0.5) is 0 Å². The molecule has 0 unspecified atom stereocenters. The number of nitrogens with zero attached hydrogens (tertiary/aromatic N) is 3. The summed E-state index contributed by atoms with van der Waals surface area (Å²) in [6, 6.07) is 26.7. The molecular formula is C28H16Br3N3O3. The first-order valence-electron chi connectivity index (χ1n) is 11.0. The van der Waals surface area contributed by atoms with Gasteiger partial charge in [-0.2, -0.15) is 9.78 Å². The second-order valence-corrected chi connectivity index (χ2v) is 10.6. The Morgan fingerprint density at radius 3 is 2.22 bits per heavy atom. The van der Waals surface area contributed by atoms with E-state index in [9.17, 15) is 9.59 Å². The number of benzene rings is 4. The summed E-state index contributed by atoms with van der Waals surface area (Å²) in [6.45, 7) is 0. The predicted octanol–water partition coefficient (Wildman–Crippen LogP) is 7.45. The Kier molecular flexibility index (Phi) is 7.45. The van der Waals surface area contributed by atoms with Gasteiger partial charge in [0.05, 0.1) is 22.7 Å². The second kappa shape index (κ2) is 10.9. The van der Waals surface area contributed by atoms with E-state index >= 15 is 0 Å². The number of ether oxygens (including phenoxy) is 1. The minimum atomic E-state index is -0.510. The molecule has 0 saturated carbocycles. The van der Waals surface area contributed by atoms with Crippen molar-refractivity contribution in [3.8, 4) is 17.1 Å². The summed E-state index contributed by atoms with van der Waals surface area (Å²) in [7, 11) is 0. The quantitative estimate of drug-likeness (QED) is 0.110. The Balaban J connectivity index is 1.58. The van der Waals surface area contributed by atoms with Crippen LogP contribution in [0.25, 0.3) is 22.3 Å². The molecule has 0 bridgehead atoms. The Morgan fingerprint density at radius 2 is 1.49 bits per heavy atom. The maximum Gasteiger partial charge on any atom is 0.343 e. The van der Waals surface area contributed by atoms with E-state index in [1.165, 1.54) is 10.9 Å². The van der Waals surface area contributed by atoms with Crippen molar-refractivity contribution in [2.24, 2.45) is 5.10 Å². The molecule has 37 heavy (non-hydrogen) atoms. The summed E-state index contributed by atoms with van der Waals surface area (Å²) in [6.07, 6.45) is 1.48. The molecule has 0 aliphatic carbocycles. The van der Waals surface area contributed by atoms with Gasteiger partial charge in [0.25, 0.3) is 5.56 Å². The lowest BCUT2D eigenvalue weighted by molar-refractivity contribution is 0.0734. The van der Waals surface area contributed by atoms with E-state index in [2.05, 4.69) is 52.9 Å². The molecule has 6 nitrogen and oxygen atoms in total. The molecule has 5 rings (SSSR count). The number of fused-ring (bicyclic) bond motifs is 1. The third-order valence-electron chi connectivity index (χ3n) is 5.42. The fourth-order valence-corrected chi connectivity index (χ4v) is 4.50. The summed E-state index contributed by atoms with van der Waals surface area (Å²) in [5.41, 5.74) is 1.88. The largest absolute Gasteiger partial charge is 0.422 e. The van der Waals surface area contributed by atoms with E-state index in [1.54, 1.807) is 60.7 Å². The number of hydrogen-bond donors (Lipinski definition) is 0. The van der Waals surface area contributed by atoms with Gasteiger partial charge in [0.15, 0.2) is 5.82 Å². The monoisotopic (exact) mass is 679 g/mol. The van der Waals surface area contributed by atoms with Gasteiger partial charge in [-0.15, -0.1) is 0 Å². The topological polar surface area (TPSA) is 73.5 Å². The SMILES string of the molecule is O=C(Oc1ccc(Br)cc1C=Nn1c(-c2ccc(Br)cc2)nc2ccccc2c1=O)c1ccc(Br)cc1. The second-order valence-electron chi connectivity index (χ2n) is 7.90. The van der Waals surface area contributed by atoms with Gasteiger partial charge in [-0.1, -0.05) is 72.1 Å². The molecule has 0 N–H and O–H groups in total. The molecular weight excluding hydrogens is 666 g/mol. The third-order valence-corrected chi connectivity index (χ3v) is 6.97. The first kappa shape index (κ1) is 25.3. The van der Waals surface area contributed by atoms with E-state index < -0.39 is 5.97 Å². The standard InChI is InChI=1S/C28H16Br3N3O3/c29-20-9-5-17(6-10-20)26-33-24-4-2-1-3-23(24)27(35)34(26)32-16-19-15-22(31)13-14-25(19)37-28(36)18-7-11-21(30)12-8-18/h1-16H. The predicted molar refractivity (Wildman–Crippen MR) is 155 cm³/mol. The highest BCUT2D eigenvalue weighted by Gasteiger charge is 2.14. The summed E-state index contributed by atoms with van der Waals surface area (Å²) in [5.74, 6) is 0.173. The number of halogens is 3. The highest BCUT2D eigenvalue weighted by molar-refractivity contribution is 9.11. The number of carbonyl (C=O) groups is 1. The van der Waals surface area contributed by atoms with E-state index in [0.29, 0.717) is 33.6 Å². The molecule has 0 radical (unpaired) electrons. The molecule has 0 aliphatic rings. The summed E-state index contributed by atoms with van der Waals surface area (Å²) < 4.78 is 9.45. The molecule has 0 spiro atoms. The van der Waals surface area contributed by atoms with E-state index in [-0.39, 0.29) is 5.56 Å². The van der Waals surface area contributed by atoms with Gasteiger partial charge in [0, 0.05) is 24.5 Å². The zero-order valence-electron chi connectivity index (χ0n) is 18.9. The van der Waals surface area contributed by atoms with Gasteiger partial charge in [0.1, 0.15) is 5.75 Å². The van der Waals surface area contributed by atoms with Crippen LogP contribution >= 0.6 is 47.8 Å². The van der Waals surface area contributed by atoms with Crippen LogP contribution < -0.4 is 10.3 Å². The van der Waals surface area contributed by atoms with Crippen molar-refractivity contribution in [2.45, 2.75) is 0 Å². The molecule has 0 fully saturated rings. The number of hydrogen-bond acceptors (Lipinski definition) is 5. The first-order valence-corrected chi connectivity index (χ1v) is 13.4. The Labute approximate surface area is 237 Å². The highest BCUT2D eigenvalue weighted by atomic mass is 79.9. The van der Waals surface area contributed by atoms with Crippen LogP contribution in [0.5, 0.6) is 5.75 Å². The van der Waals surface area contributed by atoms with Crippen LogP contribution in [-0.4, -0.2) is 21.8 Å². The van der Waals surface area contributed by atoms with Crippen molar-refractivity contribution in [3.63, 3.8) is 0 Å². The van der Waals surface area contributed by atoms with Gasteiger partial charge >= 0.3 is 5.97 Å². The van der Waals surface area contributed by atoms with Crippen molar-refractivity contribution in [1.82, 2.24) is 9.66 Å². The minimum Gasteiger partial charge on any atom is -0.422 e. The van der Waals surface area contributed by atoms with Crippen molar-refractivity contribution >= 4 is 70.9 Å². The lowest BCUT2D eigenvalue weighted by Gasteiger charge is -2.11. The molecule has 0 saturated heterocycles. The van der Waals surface area contributed by atoms with Crippen LogP contribution in [-0.2, 0) is 0 Å². The maximum absolute atomic E-state index is 13.5. The number of aromatic nitrogens is 2. The van der Waals surface area contributed by atoms with Crippen LogP contribution in [0, 0.1) is 0 Å². The van der Waals surface area contributed by atoms with E-state index in [1.807, 2.05) is 30.3 Å². The van der Waals surface area contributed by atoms with E-state index in [0.717, 1.165) is 19.0 Å². The fraction of sp³-hybridized carbons (Fsp3) is 0. The maximum atomic E-state index is 13.5. The number of rotatable bonds is 5. The normalized spacial score (nSPS) is 11.2. The molecule has 1 aromatic heterocycles. The molecule has 182 valence electrons. The van der Waals surface area contributed by atoms with Crippen molar-refractivity contribution < 1.29 is 9.53 Å². The molecule has 4 aromatic carbocycles. The Morgan fingerprint density at radius 1 is 0.838 bits per heavy atom. The number of esters is 1. The Hall–Kier alpha value is -3.40. The minimum absolute atomic E-state index is 0.298. The summed E-state index contributed by atoms with van der Waals surface area (Å²) >= 11 is 10.3. The van der Waals surface area contributed by atoms with Gasteiger partial charge in [-0.05, 0) is 66.7 Å². The zero-order chi connectivity index (χ0) is 25.9. The van der Waals surface area contributed by atoms with E-state index in [4.69, 9.17) is 9.72 Å². The zero-order valence-corrected chi connectivity index (χ0v) is 23.7. The number of carbonyl (C=O) groups excluding carboxylic acids is 1. The average Bonchev–Trinajstić information content (AvgIpc) is 2.90. The smallest absolute Gasteiger partial charge is 0.343 e. The Bertz CT molecular complexity index is 1710. The van der Waals surface area contributed by atoms with Gasteiger partial charge in [-0.25, -0.2) is 9.78 Å². The van der Waals surface area contributed by atoms with Crippen LogP contribution in [0.2, 0.25) is 0 Å². The van der Waals surface area contributed by atoms with Gasteiger partial charge < -0.3 is 4.74 Å². The van der Waals surface area contributed by atoms with Crippen molar-refractivity contribution in [2.75, 3.05) is 0 Å². The molecule has 9 heteroatoms. The molecule has 0 amide bonds. The summed E-state index contributed by atoms with van der Waals surface area (Å²) in [4.78, 5) is 30.9. The lowest BCUT2D eigenvalue weighted by atomic mass is 10.2. The molecule has 0 aliphatic heterocycles. The van der Waals surface area contributed by atoms with Crippen LogP contribution in [0.1, 0.15) is 15.9 Å². The summed E-state index contributed by atoms with van der Waals surface area (Å²) in [5, 5.41) is 4.95.